The molecule has 0 aliphatic carbocycles. The summed E-state index contributed by atoms with van der Waals surface area (Å²) in [6.07, 6.45) is 1.57. The van der Waals surface area contributed by atoms with E-state index >= 15 is 0 Å². The van der Waals surface area contributed by atoms with E-state index in [1.807, 2.05) is 0 Å². The first kappa shape index (κ1) is 12.2. The Bertz CT molecular complexity index is 530. The number of rotatable bonds is 5. The van der Waals surface area contributed by atoms with Crippen LogP contribution >= 0.6 is 0 Å². The summed E-state index contributed by atoms with van der Waals surface area (Å²) in [7, 11) is 0. The van der Waals surface area contributed by atoms with Gasteiger partial charge in [-0.15, -0.1) is 0 Å². The van der Waals surface area contributed by atoms with Crippen molar-refractivity contribution in [2.45, 2.75) is 20.0 Å². The highest BCUT2D eigenvalue weighted by atomic mass is 16.5. The summed E-state index contributed by atoms with van der Waals surface area (Å²) in [5.41, 5.74) is 1.47. The molecule has 0 unspecified atom stereocenters. The Labute approximate surface area is 104 Å². The van der Waals surface area contributed by atoms with E-state index in [1.165, 1.54) is 0 Å². The summed E-state index contributed by atoms with van der Waals surface area (Å²) in [6, 6.07) is 6.95. The minimum Gasteiger partial charge on any atom is -0.487 e. The molecule has 2 rings (SSSR count). The number of oxazole rings is 1. The predicted molar refractivity (Wildman–Crippen MR) is 63.4 cm³/mol. The van der Waals surface area contributed by atoms with E-state index < -0.39 is 5.97 Å². The summed E-state index contributed by atoms with van der Waals surface area (Å²) in [4.78, 5) is 14.6. The molecule has 1 aromatic heterocycles. The van der Waals surface area contributed by atoms with Crippen LogP contribution in [-0.2, 0) is 17.8 Å². The SMILES string of the molecule is Cc1nc(COc2ccc(CC(=O)O)cc2)co1. The van der Waals surface area contributed by atoms with Crippen LogP contribution in [0.2, 0.25) is 0 Å². The van der Waals surface area contributed by atoms with Crippen LogP contribution in [0.4, 0.5) is 0 Å². The maximum Gasteiger partial charge on any atom is 0.307 e. The van der Waals surface area contributed by atoms with Crippen molar-refractivity contribution in [1.82, 2.24) is 4.98 Å². The van der Waals surface area contributed by atoms with Gasteiger partial charge in [-0.2, -0.15) is 0 Å². The minimum atomic E-state index is -0.846. The lowest BCUT2D eigenvalue weighted by molar-refractivity contribution is -0.136. The molecule has 94 valence electrons. The molecular formula is C13H13NO4. The Kier molecular flexibility index (Phi) is 3.62. The molecule has 5 heteroatoms. The molecule has 0 bridgehead atoms. The number of aliphatic carboxylic acids is 1. The number of aryl methyl sites for hydroxylation is 1. The monoisotopic (exact) mass is 247 g/mol. The number of hydrogen-bond acceptors (Lipinski definition) is 4. The van der Waals surface area contributed by atoms with Gasteiger partial charge in [-0.05, 0) is 17.7 Å². The maximum atomic E-state index is 10.5. The van der Waals surface area contributed by atoms with Crippen LogP contribution in [0, 0.1) is 6.92 Å². The van der Waals surface area contributed by atoms with Crippen LogP contribution in [0.5, 0.6) is 5.75 Å². The minimum absolute atomic E-state index is 0.0166. The lowest BCUT2D eigenvalue weighted by Gasteiger charge is -2.04. The topological polar surface area (TPSA) is 72.6 Å². The maximum absolute atomic E-state index is 10.5. The van der Waals surface area contributed by atoms with Crippen molar-refractivity contribution in [3.63, 3.8) is 0 Å². The van der Waals surface area contributed by atoms with Crippen LogP contribution in [0.3, 0.4) is 0 Å². The van der Waals surface area contributed by atoms with Crippen molar-refractivity contribution in [2.75, 3.05) is 0 Å². The number of hydrogen-bond donors (Lipinski definition) is 1. The Morgan fingerprint density at radius 2 is 2.11 bits per heavy atom. The largest absolute Gasteiger partial charge is 0.487 e. The highest BCUT2D eigenvalue weighted by Crippen LogP contribution is 2.14. The van der Waals surface area contributed by atoms with E-state index in [2.05, 4.69) is 4.98 Å². The molecule has 1 N–H and O–H groups in total. The Morgan fingerprint density at radius 3 is 2.67 bits per heavy atom. The number of carboxylic acids is 1. The molecule has 1 aromatic carbocycles. The first-order valence-electron chi connectivity index (χ1n) is 5.48. The van der Waals surface area contributed by atoms with Crippen LogP contribution in [0.25, 0.3) is 0 Å². The highest BCUT2D eigenvalue weighted by molar-refractivity contribution is 5.70. The number of carboxylic acid groups (broad SMARTS) is 1. The summed E-state index contributed by atoms with van der Waals surface area (Å²) in [5, 5.41) is 8.64. The summed E-state index contributed by atoms with van der Waals surface area (Å²) < 4.78 is 10.6. The van der Waals surface area contributed by atoms with E-state index in [4.69, 9.17) is 14.3 Å². The fourth-order valence-corrected chi connectivity index (χ4v) is 1.51. The van der Waals surface area contributed by atoms with Gasteiger partial charge in [0.25, 0.3) is 0 Å². The molecular weight excluding hydrogens is 234 g/mol. The van der Waals surface area contributed by atoms with E-state index in [1.54, 1.807) is 37.5 Å². The zero-order chi connectivity index (χ0) is 13.0. The molecule has 0 saturated carbocycles. The van der Waals surface area contributed by atoms with Gasteiger partial charge < -0.3 is 14.3 Å². The van der Waals surface area contributed by atoms with Gasteiger partial charge in [0.05, 0.1) is 6.42 Å². The van der Waals surface area contributed by atoms with E-state index in [-0.39, 0.29) is 6.42 Å². The molecule has 18 heavy (non-hydrogen) atoms. The van der Waals surface area contributed by atoms with Crippen molar-refractivity contribution in [1.29, 1.82) is 0 Å². The van der Waals surface area contributed by atoms with Crippen LogP contribution in [0.15, 0.2) is 34.9 Å². The quantitative estimate of drug-likeness (QED) is 0.876. The fourth-order valence-electron chi connectivity index (χ4n) is 1.51. The standard InChI is InChI=1S/C13H13NO4/c1-9-14-11(7-17-9)8-18-12-4-2-10(3-5-12)6-13(15)16/h2-5,7H,6,8H2,1H3,(H,15,16). The first-order chi connectivity index (χ1) is 8.63. The molecule has 0 saturated heterocycles. The molecule has 0 aliphatic rings. The van der Waals surface area contributed by atoms with Crippen LogP contribution in [0.1, 0.15) is 17.1 Å². The van der Waals surface area contributed by atoms with Gasteiger partial charge in [0.15, 0.2) is 5.89 Å². The first-order valence-corrected chi connectivity index (χ1v) is 5.48. The molecule has 0 fully saturated rings. The number of carbonyl (C=O) groups is 1. The lowest BCUT2D eigenvalue weighted by atomic mass is 10.1. The predicted octanol–water partition coefficient (Wildman–Crippen LogP) is 2.19. The highest BCUT2D eigenvalue weighted by Gasteiger charge is 2.03. The Balaban J connectivity index is 1.92. The third-order valence-electron chi connectivity index (χ3n) is 2.33. The van der Waals surface area contributed by atoms with Crippen molar-refractivity contribution < 1.29 is 19.1 Å². The summed E-state index contributed by atoms with van der Waals surface area (Å²) in [5.74, 6) is 0.428. The van der Waals surface area contributed by atoms with Gasteiger partial charge in [0, 0.05) is 6.92 Å². The molecule has 1 heterocycles. The summed E-state index contributed by atoms with van der Waals surface area (Å²) >= 11 is 0. The number of nitrogens with zero attached hydrogens (tertiary/aromatic N) is 1. The molecule has 0 atom stereocenters. The Morgan fingerprint density at radius 1 is 1.39 bits per heavy atom. The molecule has 5 nitrogen and oxygen atoms in total. The zero-order valence-corrected chi connectivity index (χ0v) is 9.92. The van der Waals surface area contributed by atoms with Gasteiger partial charge in [0.2, 0.25) is 0 Å². The van der Waals surface area contributed by atoms with E-state index in [0.717, 1.165) is 11.3 Å². The van der Waals surface area contributed by atoms with Crippen molar-refractivity contribution in [3.8, 4) is 5.75 Å². The van der Waals surface area contributed by atoms with Crippen molar-refractivity contribution in [3.05, 3.63) is 47.7 Å². The van der Waals surface area contributed by atoms with Gasteiger partial charge in [-0.1, -0.05) is 12.1 Å². The third kappa shape index (κ3) is 3.35. The summed E-state index contributed by atoms with van der Waals surface area (Å²) in [6.45, 7) is 2.10. The molecule has 2 aromatic rings. The average Bonchev–Trinajstić information content (AvgIpc) is 2.74. The molecule has 0 spiro atoms. The Hall–Kier alpha value is -2.30. The smallest absolute Gasteiger partial charge is 0.307 e. The van der Waals surface area contributed by atoms with Gasteiger partial charge in [-0.25, -0.2) is 4.98 Å². The van der Waals surface area contributed by atoms with E-state index in [9.17, 15) is 4.79 Å². The second kappa shape index (κ2) is 5.35. The molecule has 0 radical (unpaired) electrons. The normalized spacial score (nSPS) is 10.3. The average molecular weight is 247 g/mol. The lowest BCUT2D eigenvalue weighted by Crippen LogP contribution is -2.00. The second-order valence-electron chi connectivity index (χ2n) is 3.86. The van der Waals surface area contributed by atoms with Gasteiger partial charge in [0.1, 0.15) is 24.3 Å². The molecule has 0 amide bonds. The third-order valence-corrected chi connectivity index (χ3v) is 2.33. The molecule has 0 aliphatic heterocycles. The zero-order valence-electron chi connectivity index (χ0n) is 9.92. The van der Waals surface area contributed by atoms with Crippen molar-refractivity contribution >= 4 is 5.97 Å². The fraction of sp³-hybridized carbons (Fsp3) is 0.231. The van der Waals surface area contributed by atoms with Crippen LogP contribution in [-0.4, -0.2) is 16.1 Å². The van der Waals surface area contributed by atoms with Crippen LogP contribution < -0.4 is 4.74 Å². The number of benzene rings is 1. The number of ether oxygens (including phenoxy) is 1. The van der Waals surface area contributed by atoms with Gasteiger partial charge >= 0.3 is 5.97 Å². The van der Waals surface area contributed by atoms with E-state index in [0.29, 0.717) is 18.2 Å². The number of aromatic nitrogens is 1. The second-order valence-corrected chi connectivity index (χ2v) is 3.86. The van der Waals surface area contributed by atoms with Crippen molar-refractivity contribution in [2.24, 2.45) is 0 Å². The van der Waals surface area contributed by atoms with Gasteiger partial charge in [-0.3, -0.25) is 4.79 Å².